The Morgan fingerprint density at radius 2 is 1.89 bits per heavy atom. The zero-order valence-electron chi connectivity index (χ0n) is 19.9. The summed E-state index contributed by atoms with van der Waals surface area (Å²) in [7, 11) is 0. The van der Waals surface area contributed by atoms with E-state index in [-0.39, 0.29) is 12.5 Å². The fraction of sp³-hybridized carbons (Fsp3) is 0.286. The molecule has 0 radical (unpaired) electrons. The summed E-state index contributed by atoms with van der Waals surface area (Å²) in [6, 6.07) is 19.7. The van der Waals surface area contributed by atoms with Crippen LogP contribution in [0.5, 0.6) is 5.75 Å². The number of fused-ring (bicyclic) bond motifs is 1. The van der Waals surface area contributed by atoms with Crippen molar-refractivity contribution in [2.45, 2.75) is 26.6 Å². The number of amides is 1. The molecule has 4 aromatic rings. The largest absolute Gasteiger partial charge is 0.486 e. The van der Waals surface area contributed by atoms with E-state index >= 15 is 0 Å². The van der Waals surface area contributed by atoms with E-state index in [9.17, 15) is 4.79 Å². The number of carbonyl (C=O) groups excluding carboxylic acids is 1. The van der Waals surface area contributed by atoms with Gasteiger partial charge in [-0.1, -0.05) is 42.5 Å². The van der Waals surface area contributed by atoms with Crippen molar-refractivity contribution in [3.8, 4) is 5.75 Å². The van der Waals surface area contributed by atoms with E-state index in [1.165, 1.54) is 5.56 Å². The molecule has 5 rings (SSSR count). The van der Waals surface area contributed by atoms with Gasteiger partial charge < -0.3 is 19.2 Å². The average molecular weight is 471 g/mol. The topological polar surface area (TPSA) is 68.1 Å². The fourth-order valence-electron chi connectivity index (χ4n) is 4.34. The third kappa shape index (κ3) is 5.70. The normalized spacial score (nSPS) is 14.2. The number of nitrogens with zero attached hydrogens (tertiary/aromatic N) is 3. The van der Waals surface area contributed by atoms with Gasteiger partial charge in [0.1, 0.15) is 18.0 Å². The Hall–Kier alpha value is -3.68. The van der Waals surface area contributed by atoms with E-state index in [0.717, 1.165) is 55.3 Å². The summed E-state index contributed by atoms with van der Waals surface area (Å²) >= 11 is 0. The number of imidazole rings is 1. The molecule has 3 heterocycles. The van der Waals surface area contributed by atoms with Crippen molar-refractivity contribution in [2.24, 2.45) is 0 Å². The highest BCUT2D eigenvalue weighted by atomic mass is 16.5. The standard InChI is InChI=1S/C28H30N4O3/c1-21-6-5-11-32-19-24(30-27(21)32)20-35-26-10-3-2-9-25(26)28(33)29-17-22-7-4-8-23(16-22)18-31-12-14-34-15-13-31/h2-11,16,19H,12-15,17-18,20H2,1H3,(H,29,33). The quantitative estimate of drug-likeness (QED) is 0.422. The highest BCUT2D eigenvalue weighted by molar-refractivity contribution is 5.96. The number of pyridine rings is 1. The molecule has 0 unspecified atom stereocenters. The minimum atomic E-state index is -0.162. The van der Waals surface area contributed by atoms with Gasteiger partial charge in [-0.15, -0.1) is 0 Å². The number of benzene rings is 2. The second-order valence-electron chi connectivity index (χ2n) is 8.83. The molecule has 1 saturated heterocycles. The molecule has 35 heavy (non-hydrogen) atoms. The number of ether oxygens (including phenoxy) is 2. The molecular weight excluding hydrogens is 440 g/mol. The van der Waals surface area contributed by atoms with Gasteiger partial charge in [-0.05, 0) is 41.8 Å². The second-order valence-corrected chi connectivity index (χ2v) is 8.83. The van der Waals surface area contributed by atoms with E-state index in [2.05, 4.69) is 27.3 Å². The number of aromatic nitrogens is 2. The molecule has 1 N–H and O–H groups in total. The van der Waals surface area contributed by atoms with Crippen molar-refractivity contribution >= 4 is 11.6 Å². The molecular formula is C28H30N4O3. The van der Waals surface area contributed by atoms with Gasteiger partial charge in [-0.3, -0.25) is 9.69 Å². The van der Waals surface area contributed by atoms with Crippen molar-refractivity contribution in [3.05, 3.63) is 101 Å². The van der Waals surface area contributed by atoms with Crippen LogP contribution in [0.25, 0.3) is 5.65 Å². The van der Waals surface area contributed by atoms with Crippen LogP contribution in [0.3, 0.4) is 0 Å². The maximum atomic E-state index is 13.0. The summed E-state index contributed by atoms with van der Waals surface area (Å²) in [6.45, 7) is 7.14. The van der Waals surface area contributed by atoms with Crippen molar-refractivity contribution in [3.63, 3.8) is 0 Å². The Bertz CT molecular complexity index is 1310. The van der Waals surface area contributed by atoms with Crippen LogP contribution in [0.2, 0.25) is 0 Å². The van der Waals surface area contributed by atoms with Crippen LogP contribution in [0.15, 0.2) is 73.1 Å². The Balaban J connectivity index is 1.21. The first kappa shape index (κ1) is 23.1. The Morgan fingerprint density at radius 3 is 2.74 bits per heavy atom. The lowest BCUT2D eigenvalue weighted by Gasteiger charge is -2.26. The number of morpholine rings is 1. The molecule has 7 heteroatoms. The van der Waals surface area contributed by atoms with Crippen molar-refractivity contribution in [2.75, 3.05) is 26.3 Å². The molecule has 180 valence electrons. The van der Waals surface area contributed by atoms with Crippen LogP contribution < -0.4 is 10.1 Å². The van der Waals surface area contributed by atoms with Gasteiger partial charge in [-0.2, -0.15) is 0 Å². The molecule has 0 aliphatic carbocycles. The molecule has 1 aliphatic heterocycles. The van der Waals surface area contributed by atoms with Crippen molar-refractivity contribution in [1.29, 1.82) is 0 Å². The minimum Gasteiger partial charge on any atom is -0.486 e. The maximum absolute atomic E-state index is 13.0. The first-order valence-electron chi connectivity index (χ1n) is 12.0. The van der Waals surface area contributed by atoms with E-state index in [4.69, 9.17) is 9.47 Å². The molecule has 7 nitrogen and oxygen atoms in total. The van der Waals surface area contributed by atoms with E-state index in [1.807, 2.05) is 66.2 Å². The molecule has 1 fully saturated rings. The highest BCUT2D eigenvalue weighted by Gasteiger charge is 2.14. The molecule has 0 atom stereocenters. The zero-order chi connectivity index (χ0) is 24.0. The van der Waals surface area contributed by atoms with Gasteiger partial charge in [0.2, 0.25) is 0 Å². The molecule has 0 spiro atoms. The highest BCUT2D eigenvalue weighted by Crippen LogP contribution is 2.20. The summed E-state index contributed by atoms with van der Waals surface area (Å²) in [5.41, 5.74) is 5.65. The lowest BCUT2D eigenvalue weighted by molar-refractivity contribution is 0.0342. The molecule has 0 saturated carbocycles. The summed E-state index contributed by atoms with van der Waals surface area (Å²) in [5.74, 6) is 0.380. The molecule has 0 bridgehead atoms. The smallest absolute Gasteiger partial charge is 0.255 e. The summed E-state index contributed by atoms with van der Waals surface area (Å²) in [5, 5.41) is 3.04. The molecule has 2 aromatic heterocycles. The Labute approximate surface area is 205 Å². The van der Waals surface area contributed by atoms with Crippen LogP contribution in [0.1, 0.15) is 32.7 Å². The monoisotopic (exact) mass is 470 g/mol. The van der Waals surface area contributed by atoms with Gasteiger partial charge >= 0.3 is 0 Å². The van der Waals surface area contributed by atoms with Gasteiger partial charge in [0.15, 0.2) is 0 Å². The van der Waals surface area contributed by atoms with Gasteiger partial charge in [-0.25, -0.2) is 4.98 Å². The van der Waals surface area contributed by atoms with Crippen LogP contribution >= 0.6 is 0 Å². The van der Waals surface area contributed by atoms with Crippen molar-refractivity contribution in [1.82, 2.24) is 19.6 Å². The second kappa shape index (κ2) is 10.7. The third-order valence-corrected chi connectivity index (χ3v) is 6.19. The zero-order valence-corrected chi connectivity index (χ0v) is 19.9. The van der Waals surface area contributed by atoms with E-state index in [0.29, 0.717) is 17.9 Å². The summed E-state index contributed by atoms with van der Waals surface area (Å²) < 4.78 is 13.4. The SMILES string of the molecule is Cc1cccn2cc(COc3ccccc3C(=O)NCc3cccc(CN4CCOCC4)c3)nc12. The van der Waals surface area contributed by atoms with E-state index < -0.39 is 0 Å². The number of para-hydroxylation sites is 1. The van der Waals surface area contributed by atoms with Gasteiger partial charge in [0.25, 0.3) is 5.91 Å². The predicted octanol–water partition coefficient (Wildman–Crippen LogP) is 3.98. The number of hydrogen-bond acceptors (Lipinski definition) is 5. The average Bonchev–Trinajstić information content (AvgIpc) is 3.32. The maximum Gasteiger partial charge on any atom is 0.255 e. The van der Waals surface area contributed by atoms with Crippen molar-refractivity contribution < 1.29 is 14.3 Å². The molecule has 1 aliphatic rings. The van der Waals surface area contributed by atoms with Gasteiger partial charge in [0.05, 0.1) is 24.5 Å². The molecule has 2 aromatic carbocycles. The lowest BCUT2D eigenvalue weighted by atomic mass is 10.1. The summed E-state index contributed by atoms with van der Waals surface area (Å²) in [6.07, 6.45) is 3.92. The Morgan fingerprint density at radius 1 is 1.06 bits per heavy atom. The lowest BCUT2D eigenvalue weighted by Crippen LogP contribution is -2.35. The van der Waals surface area contributed by atoms with Crippen LogP contribution in [0, 0.1) is 6.92 Å². The minimum absolute atomic E-state index is 0.162. The number of rotatable bonds is 8. The van der Waals surface area contributed by atoms with Crippen LogP contribution in [-0.2, 0) is 24.4 Å². The number of aryl methyl sites for hydroxylation is 1. The van der Waals surface area contributed by atoms with Gasteiger partial charge in [0, 0.05) is 38.6 Å². The number of hydrogen-bond donors (Lipinski definition) is 1. The third-order valence-electron chi connectivity index (χ3n) is 6.19. The van der Waals surface area contributed by atoms with E-state index in [1.54, 1.807) is 6.07 Å². The fourth-order valence-corrected chi connectivity index (χ4v) is 4.34. The molecule has 1 amide bonds. The summed E-state index contributed by atoms with van der Waals surface area (Å²) in [4.78, 5) is 20.0. The first-order chi connectivity index (χ1) is 17.2. The Kier molecular flexibility index (Phi) is 7.07. The van der Waals surface area contributed by atoms with Crippen LogP contribution in [0.4, 0.5) is 0 Å². The first-order valence-corrected chi connectivity index (χ1v) is 12.0. The van der Waals surface area contributed by atoms with Crippen LogP contribution in [-0.4, -0.2) is 46.5 Å². The predicted molar refractivity (Wildman–Crippen MR) is 134 cm³/mol. The number of nitrogens with one attached hydrogen (secondary N) is 1. The number of carbonyl (C=O) groups is 1.